The molecule has 0 bridgehead atoms. The van der Waals surface area contributed by atoms with E-state index in [1.165, 1.54) is 18.7 Å². The molecule has 0 saturated heterocycles. The molecule has 3 rings (SSSR count). The van der Waals surface area contributed by atoms with Crippen LogP contribution < -0.4 is 4.90 Å². The van der Waals surface area contributed by atoms with Crippen LogP contribution in [0.25, 0.3) is 0 Å². The number of carbonyl (C=O) groups excluding carboxylic acids is 3. The van der Waals surface area contributed by atoms with Crippen LogP contribution in [0.4, 0.5) is 5.69 Å². The summed E-state index contributed by atoms with van der Waals surface area (Å²) >= 11 is 0. The van der Waals surface area contributed by atoms with Gasteiger partial charge in [0.05, 0.1) is 19.9 Å². The zero-order valence-electron chi connectivity index (χ0n) is 14.2. The third kappa shape index (κ3) is 1.88. The molecule has 2 atom stereocenters. The number of nitrogens with zero attached hydrogens (tertiary/aromatic N) is 1. The smallest absolute Gasteiger partial charge is 0.374 e. The van der Waals surface area contributed by atoms with Crippen LogP contribution in [-0.2, 0) is 34.2 Å². The first-order valence-corrected chi connectivity index (χ1v) is 7.47. The number of hydrogen-bond acceptors (Lipinski definition) is 7. The number of amides is 1. The van der Waals surface area contributed by atoms with Crippen LogP contribution >= 0.6 is 0 Å². The fourth-order valence-corrected chi connectivity index (χ4v) is 3.57. The molecule has 132 valence electrons. The number of hydrogen-bond donors (Lipinski definition) is 1. The van der Waals surface area contributed by atoms with Crippen LogP contribution in [0.15, 0.2) is 35.6 Å². The van der Waals surface area contributed by atoms with Crippen LogP contribution in [0.5, 0.6) is 0 Å². The van der Waals surface area contributed by atoms with Gasteiger partial charge in [-0.1, -0.05) is 18.2 Å². The van der Waals surface area contributed by atoms with Crippen LogP contribution in [0, 0.1) is 0 Å². The predicted octanol–water partition coefficient (Wildman–Crippen LogP) is 0.587. The third-order valence-electron chi connectivity index (χ3n) is 4.60. The normalized spacial score (nSPS) is 26.7. The number of fused-ring (bicyclic) bond motifs is 3. The second kappa shape index (κ2) is 5.32. The summed E-state index contributed by atoms with van der Waals surface area (Å²) in [7, 11) is 2.23. The number of aliphatic hydroxyl groups is 1. The quantitative estimate of drug-likeness (QED) is 0.781. The van der Waals surface area contributed by atoms with Gasteiger partial charge in [0.1, 0.15) is 5.57 Å². The Hall–Kier alpha value is -2.87. The summed E-state index contributed by atoms with van der Waals surface area (Å²) in [5.74, 6) is -2.82. The lowest BCUT2D eigenvalue weighted by Crippen LogP contribution is -2.57. The zero-order valence-corrected chi connectivity index (χ0v) is 14.2. The molecule has 2 aliphatic rings. The first-order chi connectivity index (χ1) is 11.7. The van der Waals surface area contributed by atoms with E-state index in [0.717, 1.165) is 14.2 Å². The van der Waals surface area contributed by atoms with E-state index in [2.05, 4.69) is 4.74 Å². The zero-order chi connectivity index (χ0) is 18.6. The maximum Gasteiger partial charge on any atom is 0.374 e. The highest BCUT2D eigenvalue weighted by molar-refractivity contribution is 6.06. The Morgan fingerprint density at radius 3 is 2.28 bits per heavy atom. The molecule has 2 aliphatic heterocycles. The average molecular weight is 347 g/mol. The highest BCUT2D eigenvalue weighted by atomic mass is 16.6. The Labute approximate surface area is 143 Å². The van der Waals surface area contributed by atoms with E-state index in [1.54, 1.807) is 24.3 Å². The largest absolute Gasteiger partial charge is 0.465 e. The Morgan fingerprint density at radius 2 is 1.72 bits per heavy atom. The van der Waals surface area contributed by atoms with Crippen LogP contribution in [0.3, 0.4) is 0 Å². The molecule has 8 nitrogen and oxygen atoms in total. The molecule has 1 aromatic rings. The van der Waals surface area contributed by atoms with Crippen molar-refractivity contribution in [2.75, 3.05) is 19.1 Å². The topological polar surface area (TPSA) is 102 Å². The highest BCUT2D eigenvalue weighted by Gasteiger charge is 2.71. The molecule has 0 saturated carbocycles. The van der Waals surface area contributed by atoms with E-state index in [1.807, 2.05) is 0 Å². The van der Waals surface area contributed by atoms with Gasteiger partial charge in [-0.15, -0.1) is 0 Å². The molecular weight excluding hydrogens is 330 g/mol. The minimum atomic E-state index is -2.09. The number of para-hydroxylation sites is 1. The SMILES string of the molecule is COC(=O)C1=C(C(=O)OC)C2(O)c3ccccc3N(C(C)=O)C2(C)O1. The summed E-state index contributed by atoms with van der Waals surface area (Å²) in [6, 6.07) is 6.51. The maximum atomic E-state index is 12.4. The maximum absolute atomic E-state index is 12.4. The van der Waals surface area contributed by atoms with E-state index >= 15 is 0 Å². The second-order valence-corrected chi connectivity index (χ2v) is 5.85. The summed E-state index contributed by atoms with van der Waals surface area (Å²) in [6.07, 6.45) is 0. The van der Waals surface area contributed by atoms with Gasteiger partial charge in [-0.3, -0.25) is 9.69 Å². The van der Waals surface area contributed by atoms with E-state index in [0.29, 0.717) is 5.69 Å². The summed E-state index contributed by atoms with van der Waals surface area (Å²) in [4.78, 5) is 38.0. The van der Waals surface area contributed by atoms with Crippen molar-refractivity contribution < 1.29 is 33.7 Å². The van der Waals surface area contributed by atoms with Crippen LogP contribution in [-0.4, -0.2) is 42.9 Å². The lowest BCUT2D eigenvalue weighted by molar-refractivity contribution is -0.150. The highest BCUT2D eigenvalue weighted by Crippen LogP contribution is 2.59. The van der Waals surface area contributed by atoms with Gasteiger partial charge in [-0.05, 0) is 13.0 Å². The van der Waals surface area contributed by atoms with E-state index in [4.69, 9.17) is 9.47 Å². The van der Waals surface area contributed by atoms with Crippen molar-refractivity contribution in [1.29, 1.82) is 0 Å². The number of rotatable bonds is 2. The molecule has 0 spiro atoms. The molecular formula is C17H17NO7. The second-order valence-electron chi connectivity index (χ2n) is 5.85. The van der Waals surface area contributed by atoms with Crippen molar-refractivity contribution in [3.8, 4) is 0 Å². The molecule has 8 heteroatoms. The van der Waals surface area contributed by atoms with Gasteiger partial charge in [-0.2, -0.15) is 0 Å². The Kier molecular flexibility index (Phi) is 3.61. The monoisotopic (exact) mass is 347 g/mol. The molecule has 2 unspecified atom stereocenters. The molecule has 0 aliphatic carbocycles. The third-order valence-corrected chi connectivity index (χ3v) is 4.60. The molecule has 0 aromatic heterocycles. The standard InChI is InChI=1S/C17H17NO7/c1-9(19)18-11-8-6-5-7-10(11)17(22)12(14(20)23-3)13(15(21)24-4)25-16(17,18)2/h5-8,22H,1-4H3. The van der Waals surface area contributed by atoms with Crippen molar-refractivity contribution in [2.24, 2.45) is 0 Å². The first kappa shape index (κ1) is 17.0. The van der Waals surface area contributed by atoms with Crippen molar-refractivity contribution in [3.63, 3.8) is 0 Å². The minimum Gasteiger partial charge on any atom is -0.465 e. The first-order valence-electron chi connectivity index (χ1n) is 7.47. The molecule has 0 radical (unpaired) electrons. The molecule has 25 heavy (non-hydrogen) atoms. The lowest BCUT2D eigenvalue weighted by atomic mass is 9.81. The van der Waals surface area contributed by atoms with Crippen molar-refractivity contribution in [2.45, 2.75) is 25.2 Å². The molecule has 1 amide bonds. The van der Waals surface area contributed by atoms with Gasteiger partial charge in [0, 0.05) is 12.5 Å². The minimum absolute atomic E-state index is 0.256. The molecule has 2 heterocycles. The van der Waals surface area contributed by atoms with Gasteiger partial charge in [-0.25, -0.2) is 9.59 Å². The lowest BCUT2D eigenvalue weighted by Gasteiger charge is -2.38. The van der Waals surface area contributed by atoms with Crippen molar-refractivity contribution >= 4 is 23.5 Å². The number of esters is 2. The molecule has 0 fully saturated rings. The number of carbonyl (C=O) groups is 3. The fourth-order valence-electron chi connectivity index (χ4n) is 3.57. The predicted molar refractivity (Wildman–Crippen MR) is 84.0 cm³/mol. The Balaban J connectivity index is 2.37. The van der Waals surface area contributed by atoms with Gasteiger partial charge in [0.25, 0.3) is 0 Å². The fraction of sp³-hybridized carbons (Fsp3) is 0.353. The van der Waals surface area contributed by atoms with Gasteiger partial charge >= 0.3 is 11.9 Å². The number of benzene rings is 1. The Bertz CT molecular complexity index is 830. The number of anilines is 1. The van der Waals surface area contributed by atoms with Crippen LogP contribution in [0.2, 0.25) is 0 Å². The number of methoxy groups -OCH3 is 2. The van der Waals surface area contributed by atoms with Crippen LogP contribution in [0.1, 0.15) is 19.4 Å². The molecule has 1 N–H and O–H groups in total. The molecule has 1 aromatic carbocycles. The summed E-state index contributed by atoms with van der Waals surface area (Å²) in [5.41, 5.74) is -3.60. The summed E-state index contributed by atoms with van der Waals surface area (Å²) in [5, 5.41) is 11.6. The van der Waals surface area contributed by atoms with E-state index in [9.17, 15) is 19.5 Å². The van der Waals surface area contributed by atoms with E-state index in [-0.39, 0.29) is 5.56 Å². The van der Waals surface area contributed by atoms with Crippen molar-refractivity contribution in [1.82, 2.24) is 0 Å². The number of ether oxygens (including phenoxy) is 3. The van der Waals surface area contributed by atoms with Crippen molar-refractivity contribution in [3.05, 3.63) is 41.2 Å². The summed E-state index contributed by atoms with van der Waals surface area (Å²) in [6.45, 7) is 2.72. The van der Waals surface area contributed by atoms with Gasteiger partial charge in [0.2, 0.25) is 17.4 Å². The van der Waals surface area contributed by atoms with Gasteiger partial charge < -0.3 is 19.3 Å². The van der Waals surface area contributed by atoms with Gasteiger partial charge in [0.15, 0.2) is 5.60 Å². The Morgan fingerprint density at radius 1 is 1.12 bits per heavy atom. The average Bonchev–Trinajstić information content (AvgIpc) is 2.93. The van der Waals surface area contributed by atoms with E-state index < -0.39 is 40.5 Å². The summed E-state index contributed by atoms with van der Waals surface area (Å²) < 4.78 is 15.1.